The highest BCUT2D eigenvalue weighted by Gasteiger charge is 1.91. The topological polar surface area (TPSA) is 0 Å². The van der Waals surface area contributed by atoms with Crippen LogP contribution < -0.4 is 0 Å². The molecule has 0 saturated carbocycles. The molecule has 0 bridgehead atoms. The third-order valence-electron chi connectivity index (χ3n) is 0.955. The first-order valence-electron chi connectivity index (χ1n) is 2.69. The normalized spacial score (nSPS) is 12.1. The SMILES string of the molecule is [B][B]/C=C(\[B])C(C)C. The van der Waals surface area contributed by atoms with Gasteiger partial charge in [-0.2, -0.15) is 0 Å². The van der Waals surface area contributed by atoms with Crippen LogP contribution in [0.15, 0.2) is 11.4 Å². The van der Waals surface area contributed by atoms with Gasteiger partial charge in [-0.3, -0.25) is 0 Å². The highest BCUT2D eigenvalue weighted by Crippen LogP contribution is 2.01. The van der Waals surface area contributed by atoms with Gasteiger partial charge in [0, 0.05) is 7.74 Å². The minimum atomic E-state index is 0.398. The average molecular weight is 101 g/mol. The van der Waals surface area contributed by atoms with Crippen LogP contribution >= 0.6 is 0 Å². The van der Waals surface area contributed by atoms with Gasteiger partial charge < -0.3 is 0 Å². The van der Waals surface area contributed by atoms with Crippen molar-refractivity contribution >= 4 is 22.8 Å². The molecule has 0 aliphatic heterocycles. The minimum Gasteiger partial charge on any atom is -0.143 e. The quantitative estimate of drug-likeness (QED) is 0.442. The third-order valence-corrected chi connectivity index (χ3v) is 0.955. The zero-order valence-electron chi connectivity index (χ0n) is 5.39. The van der Waals surface area contributed by atoms with Crippen molar-refractivity contribution in [2.45, 2.75) is 13.8 Å². The van der Waals surface area contributed by atoms with Gasteiger partial charge in [-0.25, -0.2) is 0 Å². The molecular formula is C5H8B3. The Labute approximate surface area is 54.8 Å². The third kappa shape index (κ3) is 3.01. The Morgan fingerprint density at radius 2 is 2.12 bits per heavy atom. The predicted molar refractivity (Wildman–Crippen MR) is 40.2 cm³/mol. The Balaban J connectivity index is 3.61. The van der Waals surface area contributed by atoms with E-state index in [0.29, 0.717) is 5.92 Å². The molecule has 37 valence electrons. The van der Waals surface area contributed by atoms with E-state index in [-0.39, 0.29) is 0 Å². The molecule has 0 nitrogen and oxygen atoms in total. The summed E-state index contributed by atoms with van der Waals surface area (Å²) in [5.41, 5.74) is 0.826. The summed E-state index contributed by atoms with van der Waals surface area (Å²) >= 11 is 0. The summed E-state index contributed by atoms with van der Waals surface area (Å²) in [6.07, 6.45) is 0. The number of allylic oxidation sites excluding steroid dienone is 1. The summed E-state index contributed by atoms with van der Waals surface area (Å²) in [6, 6.07) is 0. The second kappa shape index (κ2) is 3.88. The van der Waals surface area contributed by atoms with Crippen molar-refractivity contribution in [2.75, 3.05) is 0 Å². The van der Waals surface area contributed by atoms with Crippen molar-refractivity contribution in [1.29, 1.82) is 0 Å². The van der Waals surface area contributed by atoms with Gasteiger partial charge in [-0.15, -0.1) is 11.4 Å². The lowest BCUT2D eigenvalue weighted by Gasteiger charge is -2.02. The Morgan fingerprint density at radius 3 is 2.25 bits per heavy atom. The van der Waals surface area contributed by atoms with Crippen LogP contribution in [0, 0.1) is 5.92 Å². The van der Waals surface area contributed by atoms with Crippen molar-refractivity contribution < 1.29 is 0 Å². The van der Waals surface area contributed by atoms with E-state index in [1.54, 1.807) is 5.98 Å². The minimum absolute atomic E-state index is 0.398. The Bertz CT molecular complexity index is 85.7. The van der Waals surface area contributed by atoms with Crippen LogP contribution in [-0.2, 0) is 0 Å². The molecule has 0 heterocycles. The van der Waals surface area contributed by atoms with Crippen LogP contribution in [0.2, 0.25) is 0 Å². The average Bonchev–Trinajstić information content (AvgIpc) is 1.67. The van der Waals surface area contributed by atoms with Crippen molar-refractivity contribution in [2.24, 2.45) is 5.92 Å². The molecule has 0 amide bonds. The Hall–Kier alpha value is -0.0652. The number of hydrogen-bond donors (Lipinski definition) is 0. The van der Waals surface area contributed by atoms with Gasteiger partial charge in [0.05, 0.1) is 7.17 Å². The van der Waals surface area contributed by atoms with Gasteiger partial charge in [0.1, 0.15) is 7.85 Å². The number of hydrogen-bond acceptors (Lipinski definition) is 0. The highest BCUT2D eigenvalue weighted by molar-refractivity contribution is 6.92. The first kappa shape index (κ1) is 7.93. The molecule has 0 aromatic rings. The molecule has 5 radical (unpaired) electrons. The molecule has 0 unspecified atom stereocenters. The molecule has 3 heteroatoms. The van der Waals surface area contributed by atoms with E-state index >= 15 is 0 Å². The maximum absolute atomic E-state index is 5.48. The van der Waals surface area contributed by atoms with Gasteiger partial charge in [0.15, 0.2) is 0 Å². The first-order valence-corrected chi connectivity index (χ1v) is 2.69. The molecule has 0 atom stereocenters. The van der Waals surface area contributed by atoms with Crippen molar-refractivity contribution in [1.82, 2.24) is 0 Å². The zero-order valence-corrected chi connectivity index (χ0v) is 5.39. The monoisotopic (exact) mass is 101 g/mol. The van der Waals surface area contributed by atoms with E-state index in [4.69, 9.17) is 15.6 Å². The summed E-state index contributed by atoms with van der Waals surface area (Å²) in [7, 11) is 12.0. The fraction of sp³-hybridized carbons (Fsp3) is 0.600. The maximum atomic E-state index is 5.48. The molecule has 0 rings (SSSR count). The maximum Gasteiger partial charge on any atom is 0.106 e. The molecule has 0 spiro atoms. The summed E-state index contributed by atoms with van der Waals surface area (Å²) in [6.45, 7) is 4.05. The lowest BCUT2D eigenvalue weighted by atomic mass is 9.53. The van der Waals surface area contributed by atoms with Gasteiger partial charge >= 0.3 is 0 Å². The Kier molecular flexibility index (Phi) is 3.85. The van der Waals surface area contributed by atoms with Crippen LogP contribution in [0.25, 0.3) is 0 Å². The molecular weight excluding hydrogens is 92.5 g/mol. The second-order valence-corrected chi connectivity index (χ2v) is 2.01. The molecule has 0 fully saturated rings. The second-order valence-electron chi connectivity index (χ2n) is 2.01. The lowest BCUT2D eigenvalue weighted by molar-refractivity contribution is 0.814. The van der Waals surface area contributed by atoms with E-state index in [0.717, 1.165) is 5.47 Å². The molecule has 0 aromatic heterocycles. The summed E-state index contributed by atoms with van der Waals surface area (Å²) < 4.78 is 0. The summed E-state index contributed by atoms with van der Waals surface area (Å²) in [4.78, 5) is 0. The van der Waals surface area contributed by atoms with E-state index in [2.05, 4.69) is 0 Å². The van der Waals surface area contributed by atoms with Crippen LogP contribution in [0.3, 0.4) is 0 Å². The molecule has 0 saturated heterocycles. The van der Waals surface area contributed by atoms with Crippen LogP contribution in [0.1, 0.15) is 13.8 Å². The first-order chi connectivity index (χ1) is 3.68. The predicted octanol–water partition coefficient (Wildman–Crippen LogP) is 0.440. The van der Waals surface area contributed by atoms with E-state index in [1.807, 2.05) is 13.8 Å². The van der Waals surface area contributed by atoms with E-state index in [1.165, 1.54) is 7.17 Å². The summed E-state index contributed by atoms with van der Waals surface area (Å²) in [5, 5.41) is 0. The van der Waals surface area contributed by atoms with Crippen LogP contribution in [0.5, 0.6) is 0 Å². The lowest BCUT2D eigenvalue weighted by Crippen LogP contribution is -1.95. The standard InChI is InChI=1S/C5H8B3/c1-4(2)5(6)3-8-7/h3-4H,1-2H3/b5-3-. The van der Waals surface area contributed by atoms with Crippen molar-refractivity contribution in [3.8, 4) is 0 Å². The zero-order chi connectivity index (χ0) is 6.57. The number of rotatable bonds is 2. The van der Waals surface area contributed by atoms with Crippen molar-refractivity contribution in [3.05, 3.63) is 11.4 Å². The molecule has 0 aliphatic carbocycles. The molecule has 0 aromatic carbocycles. The van der Waals surface area contributed by atoms with Crippen LogP contribution in [-0.4, -0.2) is 22.8 Å². The highest BCUT2D eigenvalue weighted by atomic mass is 13.9. The van der Waals surface area contributed by atoms with E-state index in [9.17, 15) is 0 Å². The smallest absolute Gasteiger partial charge is 0.106 e. The van der Waals surface area contributed by atoms with Gasteiger partial charge in [0.25, 0.3) is 0 Å². The summed E-state index contributed by atoms with van der Waals surface area (Å²) in [5.74, 6) is 2.11. The fourth-order valence-corrected chi connectivity index (χ4v) is 0.304. The largest absolute Gasteiger partial charge is 0.143 e. The Morgan fingerprint density at radius 1 is 1.62 bits per heavy atom. The van der Waals surface area contributed by atoms with E-state index < -0.39 is 0 Å². The fourth-order valence-electron chi connectivity index (χ4n) is 0.304. The van der Waals surface area contributed by atoms with Crippen molar-refractivity contribution in [3.63, 3.8) is 0 Å². The molecule has 0 aliphatic rings. The van der Waals surface area contributed by atoms with Crippen LogP contribution in [0.4, 0.5) is 0 Å². The van der Waals surface area contributed by atoms with Gasteiger partial charge in [-0.05, 0) is 5.92 Å². The van der Waals surface area contributed by atoms with Gasteiger partial charge in [0.2, 0.25) is 0 Å². The van der Waals surface area contributed by atoms with Gasteiger partial charge in [-0.1, -0.05) is 13.8 Å². The molecule has 8 heavy (non-hydrogen) atoms. The molecule has 0 N–H and O–H groups in total.